The lowest BCUT2D eigenvalue weighted by molar-refractivity contribution is 0.112. The number of rotatable bonds is 7. The van der Waals surface area contributed by atoms with Crippen molar-refractivity contribution < 1.29 is 18.7 Å². The van der Waals surface area contributed by atoms with Crippen molar-refractivity contribution in [2.45, 2.75) is 13.5 Å². The van der Waals surface area contributed by atoms with Gasteiger partial charge in [0.1, 0.15) is 45.7 Å². The minimum Gasteiger partial charge on any atom is -0.496 e. The maximum Gasteiger partial charge on any atom is 0.212 e. The van der Waals surface area contributed by atoms with E-state index in [1.54, 1.807) is 23.8 Å². The number of hydrogen-bond acceptors (Lipinski definition) is 9. The molecular formula is C25H18N4O4S2. The van der Waals surface area contributed by atoms with Crippen LogP contribution in [0, 0.1) is 6.92 Å². The van der Waals surface area contributed by atoms with Gasteiger partial charge in [-0.1, -0.05) is 35.6 Å². The predicted molar refractivity (Wildman–Crippen MR) is 135 cm³/mol. The number of carbonyl (C=O) groups is 1. The van der Waals surface area contributed by atoms with Gasteiger partial charge in [0.2, 0.25) is 4.96 Å². The quantitative estimate of drug-likeness (QED) is 0.246. The molecule has 10 heteroatoms. The highest BCUT2D eigenvalue weighted by atomic mass is 32.1. The van der Waals surface area contributed by atoms with Gasteiger partial charge in [0, 0.05) is 28.6 Å². The van der Waals surface area contributed by atoms with E-state index in [1.165, 1.54) is 22.7 Å². The number of ether oxygens (including phenoxy) is 2. The second-order valence-corrected chi connectivity index (χ2v) is 9.81. The molecule has 4 aromatic heterocycles. The van der Waals surface area contributed by atoms with Crippen molar-refractivity contribution in [3.8, 4) is 33.5 Å². The molecule has 6 rings (SSSR count). The minimum absolute atomic E-state index is 0.287. The average Bonchev–Trinajstić information content (AvgIpc) is 3.65. The fourth-order valence-corrected chi connectivity index (χ4v) is 5.26. The molecule has 0 aliphatic heterocycles. The van der Waals surface area contributed by atoms with Crippen LogP contribution in [0.3, 0.4) is 0 Å². The van der Waals surface area contributed by atoms with E-state index in [2.05, 4.69) is 15.1 Å². The summed E-state index contributed by atoms with van der Waals surface area (Å²) in [5.41, 5.74) is 3.75. The Balaban J connectivity index is 1.28. The number of carbonyl (C=O) groups excluding carboxylic acids is 1. The van der Waals surface area contributed by atoms with Gasteiger partial charge in [-0.3, -0.25) is 4.79 Å². The van der Waals surface area contributed by atoms with Gasteiger partial charge in [-0.25, -0.2) is 14.5 Å². The van der Waals surface area contributed by atoms with Crippen molar-refractivity contribution >= 4 is 44.9 Å². The Morgan fingerprint density at radius 1 is 1.14 bits per heavy atom. The van der Waals surface area contributed by atoms with Crippen LogP contribution >= 0.6 is 22.7 Å². The van der Waals surface area contributed by atoms with E-state index in [0.717, 1.165) is 37.9 Å². The fourth-order valence-electron chi connectivity index (χ4n) is 3.73. The Kier molecular flexibility index (Phi) is 5.31. The normalized spacial score (nSPS) is 11.4. The molecule has 0 atom stereocenters. The molecule has 35 heavy (non-hydrogen) atoms. The average molecular weight is 503 g/mol. The predicted octanol–water partition coefficient (Wildman–Crippen LogP) is 6.04. The molecule has 0 amide bonds. The van der Waals surface area contributed by atoms with Gasteiger partial charge >= 0.3 is 0 Å². The Morgan fingerprint density at radius 3 is 2.77 bits per heavy atom. The number of benzene rings is 2. The first-order valence-corrected chi connectivity index (χ1v) is 12.4. The van der Waals surface area contributed by atoms with E-state index in [0.29, 0.717) is 34.1 Å². The summed E-state index contributed by atoms with van der Waals surface area (Å²) in [5, 5.41) is 9.02. The molecule has 174 valence electrons. The number of methoxy groups -OCH3 is 1. The SMILES string of the molecule is COc1cc(OCc2csc(-c3ccc(C=O)cc3)n2)c2cc(-c3cn4nc(C)sc4n3)oc2c1. The number of aryl methyl sites for hydroxylation is 1. The summed E-state index contributed by atoms with van der Waals surface area (Å²) in [7, 11) is 1.61. The molecule has 0 bridgehead atoms. The van der Waals surface area contributed by atoms with Crippen LogP contribution in [0.1, 0.15) is 21.1 Å². The van der Waals surface area contributed by atoms with E-state index >= 15 is 0 Å². The molecule has 0 fully saturated rings. The highest BCUT2D eigenvalue weighted by Gasteiger charge is 2.17. The van der Waals surface area contributed by atoms with Gasteiger partial charge < -0.3 is 13.9 Å². The van der Waals surface area contributed by atoms with Crippen molar-refractivity contribution in [2.24, 2.45) is 0 Å². The number of nitrogens with zero attached hydrogens (tertiary/aromatic N) is 4. The molecule has 0 aliphatic rings. The topological polar surface area (TPSA) is 91.8 Å². The van der Waals surface area contributed by atoms with Crippen molar-refractivity contribution in [3.05, 3.63) is 70.3 Å². The number of aromatic nitrogens is 4. The van der Waals surface area contributed by atoms with Crippen LogP contribution < -0.4 is 9.47 Å². The van der Waals surface area contributed by atoms with Crippen molar-refractivity contribution in [3.63, 3.8) is 0 Å². The second kappa shape index (κ2) is 8.64. The maximum absolute atomic E-state index is 10.9. The lowest BCUT2D eigenvalue weighted by Gasteiger charge is -2.07. The van der Waals surface area contributed by atoms with Crippen LogP contribution in [-0.4, -0.2) is 33.0 Å². The van der Waals surface area contributed by atoms with E-state index in [4.69, 9.17) is 13.9 Å². The summed E-state index contributed by atoms with van der Waals surface area (Å²) in [6.45, 7) is 2.24. The first-order chi connectivity index (χ1) is 17.1. The van der Waals surface area contributed by atoms with Gasteiger partial charge in [0.25, 0.3) is 0 Å². The molecule has 0 spiro atoms. The summed E-state index contributed by atoms with van der Waals surface area (Å²) < 4.78 is 19.5. The molecule has 6 aromatic rings. The molecule has 0 aliphatic carbocycles. The lowest BCUT2D eigenvalue weighted by atomic mass is 10.1. The zero-order chi connectivity index (χ0) is 23.9. The fraction of sp³-hybridized carbons (Fsp3) is 0.120. The maximum atomic E-state index is 10.9. The Hall–Kier alpha value is -4.02. The number of aldehydes is 1. The van der Waals surface area contributed by atoms with Crippen molar-refractivity contribution in [1.82, 2.24) is 19.6 Å². The lowest BCUT2D eigenvalue weighted by Crippen LogP contribution is -1.97. The van der Waals surface area contributed by atoms with Crippen LogP contribution in [0.4, 0.5) is 0 Å². The molecule has 8 nitrogen and oxygen atoms in total. The van der Waals surface area contributed by atoms with Gasteiger partial charge in [-0.05, 0) is 13.0 Å². The third-order valence-corrected chi connectivity index (χ3v) is 7.20. The third-order valence-electron chi connectivity index (χ3n) is 5.43. The highest BCUT2D eigenvalue weighted by molar-refractivity contribution is 7.16. The van der Waals surface area contributed by atoms with Crippen LogP contribution in [0.15, 0.2) is 58.5 Å². The van der Waals surface area contributed by atoms with Crippen LogP contribution in [0.25, 0.3) is 38.0 Å². The molecule has 4 heterocycles. The molecule has 0 saturated carbocycles. The molecule has 0 saturated heterocycles. The van der Waals surface area contributed by atoms with Gasteiger partial charge in [0.15, 0.2) is 5.76 Å². The minimum atomic E-state index is 0.287. The third kappa shape index (κ3) is 4.07. The molecule has 0 N–H and O–H groups in total. The Bertz CT molecular complexity index is 1650. The van der Waals surface area contributed by atoms with Crippen LogP contribution in [0.2, 0.25) is 0 Å². The monoisotopic (exact) mass is 502 g/mol. The zero-order valence-electron chi connectivity index (χ0n) is 18.7. The van der Waals surface area contributed by atoms with Gasteiger partial charge in [-0.2, -0.15) is 5.10 Å². The summed E-state index contributed by atoms with van der Waals surface area (Å²) in [5.74, 6) is 1.89. The van der Waals surface area contributed by atoms with E-state index in [1.807, 2.05) is 48.8 Å². The number of imidazole rings is 1. The summed E-state index contributed by atoms with van der Waals surface area (Å²) in [4.78, 5) is 21.0. The molecule has 0 radical (unpaired) electrons. The number of furan rings is 1. The number of hydrogen-bond donors (Lipinski definition) is 0. The standard InChI is InChI=1S/C25H18N4O4S2/c1-14-28-29-10-20(27-25(29)35-14)23-9-19-21(7-18(31-2)8-22(19)33-23)32-12-17-13-34-24(26-17)16-5-3-15(11-30)4-6-16/h3-11,13H,12H2,1-2H3. The first-order valence-electron chi connectivity index (χ1n) is 10.7. The summed E-state index contributed by atoms with van der Waals surface area (Å²) in [6, 6.07) is 12.9. The Labute approximate surface area is 207 Å². The van der Waals surface area contributed by atoms with Gasteiger partial charge in [0.05, 0.1) is 24.4 Å². The van der Waals surface area contributed by atoms with Crippen LogP contribution in [-0.2, 0) is 6.61 Å². The molecule has 2 aromatic carbocycles. The number of fused-ring (bicyclic) bond motifs is 2. The molecule has 0 unspecified atom stereocenters. The van der Waals surface area contributed by atoms with E-state index in [-0.39, 0.29) is 6.61 Å². The first kappa shape index (κ1) is 21.5. The summed E-state index contributed by atoms with van der Waals surface area (Å²) >= 11 is 3.05. The van der Waals surface area contributed by atoms with Crippen LogP contribution in [0.5, 0.6) is 11.5 Å². The molecular weight excluding hydrogens is 484 g/mol. The van der Waals surface area contributed by atoms with E-state index < -0.39 is 0 Å². The number of thiazole rings is 1. The van der Waals surface area contributed by atoms with Crippen molar-refractivity contribution in [2.75, 3.05) is 7.11 Å². The Morgan fingerprint density at radius 2 is 2.00 bits per heavy atom. The van der Waals surface area contributed by atoms with E-state index in [9.17, 15) is 4.79 Å². The summed E-state index contributed by atoms with van der Waals surface area (Å²) in [6.07, 6.45) is 2.68. The zero-order valence-corrected chi connectivity index (χ0v) is 20.4. The highest BCUT2D eigenvalue weighted by Crippen LogP contribution is 2.37. The largest absolute Gasteiger partial charge is 0.496 e. The smallest absolute Gasteiger partial charge is 0.212 e. The second-order valence-electron chi connectivity index (χ2n) is 7.79. The van der Waals surface area contributed by atoms with Gasteiger partial charge in [-0.15, -0.1) is 11.3 Å². The van der Waals surface area contributed by atoms with Crippen molar-refractivity contribution in [1.29, 1.82) is 0 Å².